The topological polar surface area (TPSA) is 91.1 Å². The van der Waals surface area contributed by atoms with Gasteiger partial charge in [0.15, 0.2) is 5.82 Å². The van der Waals surface area contributed by atoms with Crippen LogP contribution in [0.3, 0.4) is 0 Å². The maximum absolute atomic E-state index is 9.70. The summed E-state index contributed by atoms with van der Waals surface area (Å²) in [6.45, 7) is 9.58. The monoisotopic (exact) mass is 367 g/mol. The Morgan fingerprint density at radius 3 is 2.44 bits per heavy atom. The van der Waals surface area contributed by atoms with Crippen molar-refractivity contribution in [3.63, 3.8) is 0 Å². The zero-order valence-corrected chi connectivity index (χ0v) is 16.1. The number of ether oxygens (including phenoxy) is 1. The van der Waals surface area contributed by atoms with Gasteiger partial charge in [0.05, 0.1) is 12.3 Å². The number of hydrogen-bond donors (Lipinski definition) is 0. The summed E-state index contributed by atoms with van der Waals surface area (Å²) < 4.78 is 5.46. The maximum Gasteiger partial charge on any atom is 0.228 e. The molecule has 0 saturated carbocycles. The second-order valence-electron chi connectivity index (χ2n) is 6.24. The minimum atomic E-state index is 0.577. The van der Waals surface area contributed by atoms with Gasteiger partial charge in [-0.2, -0.15) is 15.3 Å². The summed E-state index contributed by atoms with van der Waals surface area (Å²) in [5, 5.41) is 18.4. The molecule has 1 saturated heterocycles. The van der Waals surface area contributed by atoms with Gasteiger partial charge in [-0.1, -0.05) is 13.8 Å². The normalized spacial score (nSPS) is 14.1. The van der Waals surface area contributed by atoms with Crippen LogP contribution in [0.5, 0.6) is 5.88 Å². The molecule has 1 aliphatic rings. The molecule has 8 nitrogen and oxygen atoms in total. The van der Waals surface area contributed by atoms with Crippen LogP contribution in [0.4, 0.5) is 11.8 Å². The van der Waals surface area contributed by atoms with E-state index in [1.807, 2.05) is 13.8 Å². The SMILES string of the molecule is CCOc1ccnc(N2CCN(c3nnc(CC)c(CC)c3C#N)CC2)n1. The first kappa shape index (κ1) is 18.8. The Morgan fingerprint density at radius 2 is 1.81 bits per heavy atom. The molecule has 0 amide bonds. The number of hydrogen-bond acceptors (Lipinski definition) is 8. The Bertz CT molecular complexity index is 825. The van der Waals surface area contributed by atoms with E-state index in [1.54, 1.807) is 12.3 Å². The quantitative estimate of drug-likeness (QED) is 0.765. The third-order valence-corrected chi connectivity index (χ3v) is 4.71. The van der Waals surface area contributed by atoms with Crippen LogP contribution in [0.2, 0.25) is 0 Å². The van der Waals surface area contributed by atoms with Gasteiger partial charge >= 0.3 is 0 Å². The average molecular weight is 367 g/mol. The van der Waals surface area contributed by atoms with Crippen molar-refractivity contribution in [3.8, 4) is 11.9 Å². The van der Waals surface area contributed by atoms with Crippen molar-refractivity contribution in [1.29, 1.82) is 5.26 Å². The fourth-order valence-corrected chi connectivity index (χ4v) is 3.33. The van der Waals surface area contributed by atoms with Gasteiger partial charge in [0, 0.05) is 38.4 Å². The smallest absolute Gasteiger partial charge is 0.228 e. The van der Waals surface area contributed by atoms with Gasteiger partial charge in [0.1, 0.15) is 11.6 Å². The predicted molar refractivity (Wildman–Crippen MR) is 103 cm³/mol. The lowest BCUT2D eigenvalue weighted by Crippen LogP contribution is -2.47. The molecule has 27 heavy (non-hydrogen) atoms. The van der Waals surface area contributed by atoms with Crippen molar-refractivity contribution < 1.29 is 4.74 Å². The fraction of sp³-hybridized carbons (Fsp3) is 0.526. The summed E-state index contributed by atoms with van der Waals surface area (Å²) in [6, 6.07) is 4.12. The highest BCUT2D eigenvalue weighted by Gasteiger charge is 2.24. The van der Waals surface area contributed by atoms with Crippen molar-refractivity contribution in [3.05, 3.63) is 29.1 Å². The Kier molecular flexibility index (Phi) is 6.01. The highest BCUT2D eigenvalue weighted by Crippen LogP contribution is 2.25. The molecule has 0 atom stereocenters. The number of aromatic nitrogens is 4. The van der Waals surface area contributed by atoms with Crippen LogP contribution in [0, 0.1) is 11.3 Å². The molecule has 0 N–H and O–H groups in total. The van der Waals surface area contributed by atoms with E-state index >= 15 is 0 Å². The Morgan fingerprint density at radius 1 is 1.07 bits per heavy atom. The molecule has 1 aliphatic heterocycles. The molecule has 0 spiro atoms. The lowest BCUT2D eigenvalue weighted by molar-refractivity contribution is 0.326. The van der Waals surface area contributed by atoms with Gasteiger partial charge in [0.25, 0.3) is 0 Å². The molecular weight excluding hydrogens is 342 g/mol. The molecular formula is C19H25N7O. The van der Waals surface area contributed by atoms with Gasteiger partial charge in [-0.25, -0.2) is 4.98 Å². The summed E-state index contributed by atoms with van der Waals surface area (Å²) in [5.74, 6) is 1.95. The van der Waals surface area contributed by atoms with Crippen LogP contribution in [0.15, 0.2) is 12.3 Å². The minimum absolute atomic E-state index is 0.577. The fourth-order valence-electron chi connectivity index (χ4n) is 3.33. The molecule has 3 rings (SSSR count). The minimum Gasteiger partial charge on any atom is -0.478 e. The third kappa shape index (κ3) is 3.92. The molecule has 2 aromatic rings. The van der Waals surface area contributed by atoms with Crippen molar-refractivity contribution in [1.82, 2.24) is 20.2 Å². The Hall–Kier alpha value is -2.95. The molecule has 3 heterocycles. The average Bonchev–Trinajstić information content (AvgIpc) is 2.73. The van der Waals surface area contributed by atoms with E-state index in [0.717, 1.165) is 50.3 Å². The second kappa shape index (κ2) is 8.62. The first-order valence-electron chi connectivity index (χ1n) is 9.46. The van der Waals surface area contributed by atoms with E-state index in [0.29, 0.717) is 29.8 Å². The van der Waals surface area contributed by atoms with E-state index in [9.17, 15) is 5.26 Å². The first-order valence-corrected chi connectivity index (χ1v) is 9.46. The van der Waals surface area contributed by atoms with Gasteiger partial charge in [-0.05, 0) is 25.3 Å². The molecule has 0 aliphatic carbocycles. The van der Waals surface area contributed by atoms with Gasteiger partial charge in [0.2, 0.25) is 11.8 Å². The van der Waals surface area contributed by atoms with Crippen molar-refractivity contribution in [2.75, 3.05) is 42.6 Å². The van der Waals surface area contributed by atoms with Gasteiger partial charge in [-0.3, -0.25) is 0 Å². The van der Waals surface area contributed by atoms with Crippen molar-refractivity contribution in [2.45, 2.75) is 33.6 Å². The van der Waals surface area contributed by atoms with E-state index in [1.165, 1.54) is 0 Å². The predicted octanol–water partition coefficient (Wildman–Crippen LogP) is 1.99. The number of nitrogens with zero attached hydrogens (tertiary/aromatic N) is 7. The van der Waals surface area contributed by atoms with E-state index in [-0.39, 0.29) is 0 Å². The molecule has 8 heteroatoms. The summed E-state index contributed by atoms with van der Waals surface area (Å²) in [6.07, 6.45) is 3.29. The summed E-state index contributed by atoms with van der Waals surface area (Å²) in [5.41, 5.74) is 2.59. The third-order valence-electron chi connectivity index (χ3n) is 4.71. The summed E-state index contributed by atoms with van der Waals surface area (Å²) in [7, 11) is 0. The van der Waals surface area contributed by atoms with Crippen LogP contribution in [0.1, 0.15) is 37.6 Å². The molecule has 2 aromatic heterocycles. The number of aryl methyl sites for hydroxylation is 1. The lowest BCUT2D eigenvalue weighted by atomic mass is 10.0. The standard InChI is InChI=1S/C19H25N7O/c1-4-14-15(13-20)18(24-23-16(14)5-2)25-9-11-26(12-10-25)19-21-8-7-17(22-19)27-6-3/h7-8H,4-6,9-12H2,1-3H3. The number of rotatable bonds is 6. The Balaban J connectivity index is 1.76. The second-order valence-corrected chi connectivity index (χ2v) is 6.24. The number of piperazine rings is 1. The maximum atomic E-state index is 9.70. The molecule has 142 valence electrons. The van der Waals surface area contributed by atoms with Crippen molar-refractivity contribution in [2.24, 2.45) is 0 Å². The van der Waals surface area contributed by atoms with Gasteiger partial charge in [-0.15, -0.1) is 5.10 Å². The molecule has 0 aromatic carbocycles. The van der Waals surface area contributed by atoms with Gasteiger partial charge < -0.3 is 14.5 Å². The largest absolute Gasteiger partial charge is 0.478 e. The number of anilines is 2. The summed E-state index contributed by atoms with van der Waals surface area (Å²) >= 11 is 0. The zero-order valence-electron chi connectivity index (χ0n) is 16.1. The van der Waals surface area contributed by atoms with E-state index in [2.05, 4.69) is 43.0 Å². The first-order chi connectivity index (χ1) is 13.2. The van der Waals surface area contributed by atoms with Crippen molar-refractivity contribution >= 4 is 11.8 Å². The molecule has 1 fully saturated rings. The zero-order chi connectivity index (χ0) is 19.2. The molecule has 0 bridgehead atoms. The van der Waals surface area contributed by atoms with Crippen LogP contribution < -0.4 is 14.5 Å². The number of nitriles is 1. The van der Waals surface area contributed by atoms with E-state index in [4.69, 9.17) is 4.74 Å². The van der Waals surface area contributed by atoms with Crippen LogP contribution in [-0.2, 0) is 12.8 Å². The lowest BCUT2D eigenvalue weighted by Gasteiger charge is -2.35. The Labute approximate surface area is 159 Å². The highest BCUT2D eigenvalue weighted by molar-refractivity contribution is 5.59. The van der Waals surface area contributed by atoms with E-state index < -0.39 is 0 Å². The molecule has 0 unspecified atom stereocenters. The van der Waals surface area contributed by atoms with Crippen LogP contribution in [-0.4, -0.2) is 53.0 Å². The van der Waals surface area contributed by atoms with Crippen LogP contribution in [0.25, 0.3) is 0 Å². The summed E-state index contributed by atoms with van der Waals surface area (Å²) in [4.78, 5) is 13.1. The van der Waals surface area contributed by atoms with Crippen LogP contribution >= 0.6 is 0 Å². The highest BCUT2D eigenvalue weighted by atomic mass is 16.5. The molecule has 0 radical (unpaired) electrons.